The molecule has 0 nitrogen and oxygen atoms in total. The fraction of sp³-hybridized carbons (Fsp3) is 0.176. The van der Waals surface area contributed by atoms with E-state index in [1.807, 2.05) is 0 Å². The van der Waals surface area contributed by atoms with Crippen molar-refractivity contribution in [3.63, 3.8) is 0 Å². The van der Waals surface area contributed by atoms with Crippen molar-refractivity contribution in [2.45, 2.75) is 38.5 Å². The van der Waals surface area contributed by atoms with Crippen molar-refractivity contribution in [1.82, 2.24) is 0 Å². The average Bonchev–Trinajstić information content (AvgIpc) is 3.40. The van der Waals surface area contributed by atoms with E-state index in [1.165, 1.54) is 44.5 Å². The number of hydrogen-bond acceptors (Lipinski definition) is 0. The van der Waals surface area contributed by atoms with E-state index in [1.54, 1.807) is 11.1 Å². The highest BCUT2D eigenvalue weighted by molar-refractivity contribution is 5.83. The van der Waals surface area contributed by atoms with Gasteiger partial charge in [0.05, 0.1) is 0 Å². The molecule has 0 bridgehead atoms. The van der Waals surface area contributed by atoms with Gasteiger partial charge in [0.25, 0.3) is 0 Å². The molecule has 0 N–H and O–H groups in total. The predicted octanol–water partition coefficient (Wildman–Crippen LogP) is 9.50. The highest BCUT2D eigenvalue weighted by Crippen LogP contribution is 2.46. The molecule has 0 saturated heterocycles. The largest absolute Gasteiger partial charge is 0.0622 e. The first kappa shape index (κ1) is 20.9. The van der Waals surface area contributed by atoms with E-state index in [0.717, 1.165) is 12.8 Å². The molecule has 0 amide bonds. The molecule has 6 rings (SSSR count). The molecule has 0 fully saturated rings. The van der Waals surface area contributed by atoms with E-state index in [9.17, 15) is 0 Å². The van der Waals surface area contributed by atoms with Crippen molar-refractivity contribution in [3.05, 3.63) is 130 Å². The molecule has 34 heavy (non-hydrogen) atoms. The molecule has 2 atom stereocenters. The Morgan fingerprint density at radius 1 is 0.471 bits per heavy atom. The van der Waals surface area contributed by atoms with Crippen molar-refractivity contribution in [1.29, 1.82) is 0 Å². The molecule has 4 aromatic carbocycles. The summed E-state index contributed by atoms with van der Waals surface area (Å²) >= 11 is 0. The molecule has 2 unspecified atom stereocenters. The van der Waals surface area contributed by atoms with Crippen LogP contribution in [0.4, 0.5) is 0 Å². The van der Waals surface area contributed by atoms with Gasteiger partial charge in [0.15, 0.2) is 0 Å². The quantitative estimate of drug-likeness (QED) is 0.291. The lowest BCUT2D eigenvalue weighted by Gasteiger charge is -2.15. The van der Waals surface area contributed by atoms with Gasteiger partial charge < -0.3 is 0 Å². The standard InChI is InChI=1S/C34H30/c1-23-27(21-33-29(23)15-9-17-31(33)25-11-5-3-6-12-25)19-20-28-22-34-30(24(28)2)16-10-18-32(34)26-13-7-4-8-14-26/h3-18,21-24H,19-20H2,1-2H3. The van der Waals surface area contributed by atoms with Gasteiger partial charge in [-0.25, -0.2) is 0 Å². The Balaban J connectivity index is 1.27. The third kappa shape index (κ3) is 3.55. The van der Waals surface area contributed by atoms with Gasteiger partial charge in [0, 0.05) is 11.8 Å². The number of rotatable bonds is 5. The molecule has 0 heterocycles. The average molecular weight is 439 g/mol. The summed E-state index contributed by atoms with van der Waals surface area (Å²) in [5, 5.41) is 0. The van der Waals surface area contributed by atoms with Crippen LogP contribution in [0.3, 0.4) is 0 Å². The lowest BCUT2D eigenvalue weighted by Crippen LogP contribution is -1.97. The minimum absolute atomic E-state index is 0.484. The summed E-state index contributed by atoms with van der Waals surface area (Å²) in [5.74, 6) is 0.969. The maximum absolute atomic E-state index is 2.48. The van der Waals surface area contributed by atoms with E-state index in [-0.39, 0.29) is 0 Å². The number of hydrogen-bond donors (Lipinski definition) is 0. The summed E-state index contributed by atoms with van der Waals surface area (Å²) in [4.78, 5) is 0. The summed E-state index contributed by atoms with van der Waals surface area (Å²) in [6, 6.07) is 35.2. The van der Waals surface area contributed by atoms with Crippen molar-refractivity contribution < 1.29 is 0 Å². The van der Waals surface area contributed by atoms with Crippen molar-refractivity contribution >= 4 is 12.2 Å². The van der Waals surface area contributed by atoms with Gasteiger partial charge >= 0.3 is 0 Å². The van der Waals surface area contributed by atoms with Crippen LogP contribution in [0.15, 0.2) is 108 Å². The van der Waals surface area contributed by atoms with Crippen molar-refractivity contribution in [2.24, 2.45) is 0 Å². The Morgan fingerprint density at radius 2 is 0.882 bits per heavy atom. The third-order valence-electron chi connectivity index (χ3n) is 7.86. The van der Waals surface area contributed by atoms with Gasteiger partial charge in [0.2, 0.25) is 0 Å². The summed E-state index contributed by atoms with van der Waals surface area (Å²) in [6.07, 6.45) is 7.19. The Labute approximate surface area is 203 Å². The molecule has 0 heteroatoms. The highest BCUT2D eigenvalue weighted by atomic mass is 14.3. The molecule has 2 aliphatic carbocycles. The third-order valence-corrected chi connectivity index (χ3v) is 7.86. The van der Waals surface area contributed by atoms with Crippen LogP contribution in [-0.4, -0.2) is 0 Å². The van der Waals surface area contributed by atoms with Gasteiger partial charge in [-0.15, -0.1) is 0 Å². The molecular formula is C34H30. The Bertz CT molecular complexity index is 1290. The summed E-state index contributed by atoms with van der Waals surface area (Å²) < 4.78 is 0. The molecule has 4 aromatic rings. The SMILES string of the molecule is CC1C(CCC2=Cc3c(-c4ccccc4)cccc3C2C)=Cc2c(-c3ccccc3)cccc21. The van der Waals surface area contributed by atoms with Crippen LogP contribution in [0, 0.1) is 0 Å². The summed E-state index contributed by atoms with van der Waals surface area (Å²) in [6.45, 7) is 4.75. The first-order chi connectivity index (χ1) is 16.7. The van der Waals surface area contributed by atoms with Crippen LogP contribution in [0.2, 0.25) is 0 Å². The number of benzene rings is 4. The second-order valence-corrected chi connectivity index (χ2v) is 9.73. The fourth-order valence-electron chi connectivity index (χ4n) is 5.87. The van der Waals surface area contributed by atoms with E-state index >= 15 is 0 Å². The number of allylic oxidation sites excluding steroid dienone is 2. The maximum Gasteiger partial charge on any atom is 0.00294 e. The van der Waals surface area contributed by atoms with Crippen molar-refractivity contribution in [3.8, 4) is 22.3 Å². The van der Waals surface area contributed by atoms with Crippen LogP contribution in [0.25, 0.3) is 34.4 Å². The molecule has 0 saturated carbocycles. The monoisotopic (exact) mass is 438 g/mol. The zero-order chi connectivity index (χ0) is 23.1. The Morgan fingerprint density at radius 3 is 1.29 bits per heavy atom. The maximum atomic E-state index is 2.48. The van der Waals surface area contributed by atoms with Gasteiger partial charge in [0.1, 0.15) is 0 Å². The predicted molar refractivity (Wildman–Crippen MR) is 146 cm³/mol. The lowest BCUT2D eigenvalue weighted by molar-refractivity contribution is 0.772. The van der Waals surface area contributed by atoms with E-state index in [2.05, 4.69) is 123 Å². The fourth-order valence-corrected chi connectivity index (χ4v) is 5.87. The van der Waals surface area contributed by atoms with E-state index < -0.39 is 0 Å². The van der Waals surface area contributed by atoms with Gasteiger partial charge in [-0.05, 0) is 57.3 Å². The van der Waals surface area contributed by atoms with Crippen LogP contribution in [-0.2, 0) is 0 Å². The zero-order valence-corrected chi connectivity index (χ0v) is 20.0. The zero-order valence-electron chi connectivity index (χ0n) is 20.0. The second kappa shape index (κ2) is 8.61. The number of fused-ring (bicyclic) bond motifs is 2. The molecule has 0 aromatic heterocycles. The first-order valence-electron chi connectivity index (χ1n) is 12.5. The molecule has 0 aliphatic heterocycles. The van der Waals surface area contributed by atoms with Crippen molar-refractivity contribution in [2.75, 3.05) is 0 Å². The van der Waals surface area contributed by atoms with Crippen LogP contribution >= 0.6 is 0 Å². The van der Waals surface area contributed by atoms with Gasteiger partial charge in [-0.2, -0.15) is 0 Å². The van der Waals surface area contributed by atoms with Crippen LogP contribution in [0.5, 0.6) is 0 Å². The molecule has 166 valence electrons. The lowest BCUT2D eigenvalue weighted by atomic mass is 9.89. The van der Waals surface area contributed by atoms with Gasteiger partial charge in [-0.1, -0.05) is 134 Å². The smallest absolute Gasteiger partial charge is 0.00294 e. The first-order valence-corrected chi connectivity index (χ1v) is 12.5. The summed E-state index contributed by atoms with van der Waals surface area (Å²) in [5.41, 5.74) is 14.2. The van der Waals surface area contributed by atoms with Crippen LogP contribution in [0.1, 0.15) is 60.8 Å². The minimum atomic E-state index is 0.484. The minimum Gasteiger partial charge on any atom is -0.0622 e. The topological polar surface area (TPSA) is 0 Å². The van der Waals surface area contributed by atoms with Gasteiger partial charge in [-0.3, -0.25) is 0 Å². The molecular weight excluding hydrogens is 408 g/mol. The van der Waals surface area contributed by atoms with E-state index in [4.69, 9.17) is 0 Å². The van der Waals surface area contributed by atoms with Crippen LogP contribution < -0.4 is 0 Å². The highest BCUT2D eigenvalue weighted by Gasteiger charge is 2.27. The normalized spacial score (nSPS) is 18.3. The second-order valence-electron chi connectivity index (χ2n) is 9.73. The molecule has 0 spiro atoms. The Hall–Kier alpha value is -3.64. The Kier molecular flexibility index (Phi) is 5.30. The molecule has 0 radical (unpaired) electrons. The van der Waals surface area contributed by atoms with E-state index in [0.29, 0.717) is 11.8 Å². The molecule has 2 aliphatic rings. The summed E-state index contributed by atoms with van der Waals surface area (Å²) in [7, 11) is 0.